The molecule has 2 saturated heterocycles. The Labute approximate surface area is 136 Å². The van der Waals surface area contributed by atoms with Crippen LogP contribution in [0.5, 0.6) is 0 Å². The fourth-order valence-corrected chi connectivity index (χ4v) is 3.37. The van der Waals surface area contributed by atoms with E-state index in [9.17, 15) is 9.59 Å². The topological polar surface area (TPSA) is 66.4 Å². The van der Waals surface area contributed by atoms with Crippen LogP contribution in [0.15, 0.2) is 12.4 Å². The fourth-order valence-electron chi connectivity index (χ4n) is 3.37. The van der Waals surface area contributed by atoms with Crippen LogP contribution in [0.3, 0.4) is 0 Å². The monoisotopic (exact) mass is 316 g/mol. The lowest BCUT2D eigenvalue weighted by Crippen LogP contribution is -2.45. The van der Waals surface area contributed by atoms with Gasteiger partial charge >= 0.3 is 0 Å². The van der Waals surface area contributed by atoms with Gasteiger partial charge in [-0.1, -0.05) is 0 Å². The SMILES string of the molecule is Cc1cnc(C(=O)N2CCC(C(=O)N3CCCCC3)CC2)cn1. The van der Waals surface area contributed by atoms with Crippen LogP contribution >= 0.6 is 0 Å². The lowest BCUT2D eigenvalue weighted by atomic mass is 9.94. The maximum Gasteiger partial charge on any atom is 0.274 e. The summed E-state index contributed by atoms with van der Waals surface area (Å²) in [6, 6.07) is 0. The number of carbonyl (C=O) groups excluding carboxylic acids is 2. The first-order chi connectivity index (χ1) is 11.1. The molecule has 6 heteroatoms. The molecule has 23 heavy (non-hydrogen) atoms. The van der Waals surface area contributed by atoms with E-state index in [-0.39, 0.29) is 17.7 Å². The molecule has 2 fully saturated rings. The van der Waals surface area contributed by atoms with E-state index in [1.807, 2.05) is 11.8 Å². The van der Waals surface area contributed by atoms with Gasteiger partial charge in [0.05, 0.1) is 11.9 Å². The molecule has 0 radical (unpaired) electrons. The van der Waals surface area contributed by atoms with Gasteiger partial charge in [0.2, 0.25) is 5.91 Å². The Bertz CT molecular complexity index is 558. The van der Waals surface area contributed by atoms with Gasteiger partial charge in [0, 0.05) is 38.3 Å². The highest BCUT2D eigenvalue weighted by Gasteiger charge is 2.31. The second-order valence-corrected chi connectivity index (χ2v) is 6.50. The molecule has 3 rings (SSSR count). The Morgan fingerprint density at radius 3 is 2.26 bits per heavy atom. The largest absolute Gasteiger partial charge is 0.342 e. The van der Waals surface area contributed by atoms with Gasteiger partial charge in [0.15, 0.2) is 0 Å². The second-order valence-electron chi connectivity index (χ2n) is 6.50. The molecule has 0 saturated carbocycles. The number of carbonyl (C=O) groups is 2. The number of amides is 2. The van der Waals surface area contributed by atoms with E-state index >= 15 is 0 Å². The minimum absolute atomic E-state index is 0.0706. The number of hydrogen-bond donors (Lipinski definition) is 0. The predicted octanol–water partition coefficient (Wildman–Crippen LogP) is 1.65. The zero-order valence-corrected chi connectivity index (χ0v) is 13.7. The predicted molar refractivity (Wildman–Crippen MR) is 85.8 cm³/mol. The molecule has 0 atom stereocenters. The van der Waals surface area contributed by atoms with Crippen molar-refractivity contribution in [3.63, 3.8) is 0 Å². The van der Waals surface area contributed by atoms with Crippen LogP contribution in [0.2, 0.25) is 0 Å². The van der Waals surface area contributed by atoms with Crippen LogP contribution < -0.4 is 0 Å². The molecule has 0 aromatic carbocycles. The molecule has 2 aliphatic rings. The molecule has 6 nitrogen and oxygen atoms in total. The molecule has 1 aromatic heterocycles. The fraction of sp³-hybridized carbons (Fsp3) is 0.647. The molecular weight excluding hydrogens is 292 g/mol. The second kappa shape index (κ2) is 7.06. The highest BCUT2D eigenvalue weighted by molar-refractivity contribution is 5.92. The Morgan fingerprint density at radius 1 is 0.957 bits per heavy atom. The molecular formula is C17H24N4O2. The number of likely N-dealkylation sites (tertiary alicyclic amines) is 2. The van der Waals surface area contributed by atoms with Gasteiger partial charge in [-0.25, -0.2) is 4.98 Å². The smallest absolute Gasteiger partial charge is 0.274 e. The summed E-state index contributed by atoms with van der Waals surface area (Å²) in [6.45, 7) is 4.89. The maximum atomic E-state index is 12.5. The third kappa shape index (κ3) is 3.68. The van der Waals surface area contributed by atoms with Gasteiger partial charge in [0.1, 0.15) is 5.69 Å². The summed E-state index contributed by atoms with van der Waals surface area (Å²) >= 11 is 0. The maximum absolute atomic E-state index is 12.5. The molecule has 0 N–H and O–H groups in total. The average molecular weight is 316 g/mol. The van der Waals surface area contributed by atoms with Gasteiger partial charge in [-0.2, -0.15) is 0 Å². The van der Waals surface area contributed by atoms with Crippen molar-refractivity contribution >= 4 is 11.8 Å². The van der Waals surface area contributed by atoms with Crippen LogP contribution in [0, 0.1) is 12.8 Å². The third-order valence-corrected chi connectivity index (χ3v) is 4.80. The summed E-state index contributed by atoms with van der Waals surface area (Å²) < 4.78 is 0. The summed E-state index contributed by atoms with van der Waals surface area (Å²) in [5.41, 5.74) is 1.18. The van der Waals surface area contributed by atoms with Gasteiger partial charge in [0.25, 0.3) is 5.91 Å². The van der Waals surface area contributed by atoms with Crippen molar-refractivity contribution in [1.29, 1.82) is 0 Å². The van der Waals surface area contributed by atoms with Crippen molar-refractivity contribution in [1.82, 2.24) is 19.8 Å². The quantitative estimate of drug-likeness (QED) is 0.832. The highest BCUT2D eigenvalue weighted by atomic mass is 16.2. The van der Waals surface area contributed by atoms with Crippen molar-refractivity contribution in [2.24, 2.45) is 5.92 Å². The van der Waals surface area contributed by atoms with E-state index in [1.165, 1.54) is 12.6 Å². The van der Waals surface area contributed by atoms with Gasteiger partial charge in [-0.05, 0) is 39.0 Å². The van der Waals surface area contributed by atoms with Crippen LogP contribution in [0.25, 0.3) is 0 Å². The highest BCUT2D eigenvalue weighted by Crippen LogP contribution is 2.22. The lowest BCUT2D eigenvalue weighted by Gasteiger charge is -2.35. The molecule has 0 aliphatic carbocycles. The number of hydrogen-bond acceptors (Lipinski definition) is 4. The van der Waals surface area contributed by atoms with E-state index in [0.29, 0.717) is 18.8 Å². The van der Waals surface area contributed by atoms with E-state index in [2.05, 4.69) is 9.97 Å². The van der Waals surface area contributed by atoms with Crippen LogP contribution in [-0.4, -0.2) is 57.8 Å². The van der Waals surface area contributed by atoms with Crippen molar-refractivity contribution in [3.05, 3.63) is 23.8 Å². The number of rotatable bonds is 2. The van der Waals surface area contributed by atoms with Gasteiger partial charge in [-0.15, -0.1) is 0 Å². The summed E-state index contributed by atoms with van der Waals surface area (Å²) in [5.74, 6) is 0.273. The zero-order chi connectivity index (χ0) is 16.2. The normalized spacial score (nSPS) is 19.7. The Hall–Kier alpha value is -1.98. The summed E-state index contributed by atoms with van der Waals surface area (Å²) in [6.07, 6.45) is 8.11. The number of nitrogens with zero attached hydrogens (tertiary/aromatic N) is 4. The van der Waals surface area contributed by atoms with Gasteiger partial charge < -0.3 is 9.80 Å². The molecule has 2 aliphatic heterocycles. The van der Waals surface area contributed by atoms with Crippen molar-refractivity contribution in [2.45, 2.75) is 39.0 Å². The van der Waals surface area contributed by atoms with E-state index < -0.39 is 0 Å². The molecule has 1 aromatic rings. The number of piperidine rings is 2. The lowest BCUT2D eigenvalue weighted by molar-refractivity contribution is -0.137. The van der Waals surface area contributed by atoms with Crippen molar-refractivity contribution < 1.29 is 9.59 Å². The van der Waals surface area contributed by atoms with Crippen LogP contribution in [0.4, 0.5) is 0 Å². The van der Waals surface area contributed by atoms with Crippen LogP contribution in [0.1, 0.15) is 48.3 Å². The number of aromatic nitrogens is 2. The summed E-state index contributed by atoms with van der Waals surface area (Å²) in [4.78, 5) is 37.0. The molecule has 0 unspecified atom stereocenters. The van der Waals surface area contributed by atoms with Crippen molar-refractivity contribution in [2.75, 3.05) is 26.2 Å². The Balaban J connectivity index is 1.54. The van der Waals surface area contributed by atoms with E-state index in [0.717, 1.165) is 44.5 Å². The first kappa shape index (κ1) is 15.9. The minimum Gasteiger partial charge on any atom is -0.342 e. The van der Waals surface area contributed by atoms with Crippen LogP contribution in [-0.2, 0) is 4.79 Å². The third-order valence-electron chi connectivity index (χ3n) is 4.80. The van der Waals surface area contributed by atoms with E-state index in [4.69, 9.17) is 0 Å². The Kier molecular flexibility index (Phi) is 4.88. The van der Waals surface area contributed by atoms with Gasteiger partial charge in [-0.3, -0.25) is 14.6 Å². The first-order valence-electron chi connectivity index (χ1n) is 8.52. The first-order valence-corrected chi connectivity index (χ1v) is 8.52. The summed E-state index contributed by atoms with van der Waals surface area (Å²) in [7, 11) is 0. The minimum atomic E-state index is -0.0821. The standard InChI is InChI=1S/C17H24N4O2/c1-13-11-19-15(12-18-13)17(23)21-9-5-14(6-10-21)16(22)20-7-3-2-4-8-20/h11-12,14H,2-10H2,1H3. The average Bonchev–Trinajstić information content (AvgIpc) is 2.62. The van der Waals surface area contributed by atoms with Crippen molar-refractivity contribution in [3.8, 4) is 0 Å². The zero-order valence-electron chi connectivity index (χ0n) is 13.7. The molecule has 0 bridgehead atoms. The molecule has 0 spiro atoms. The molecule has 2 amide bonds. The Morgan fingerprint density at radius 2 is 1.65 bits per heavy atom. The molecule has 3 heterocycles. The number of aryl methyl sites for hydroxylation is 1. The summed E-state index contributed by atoms with van der Waals surface area (Å²) in [5, 5.41) is 0. The van der Waals surface area contributed by atoms with E-state index in [1.54, 1.807) is 11.1 Å². The molecule has 124 valence electrons.